The van der Waals surface area contributed by atoms with Gasteiger partial charge in [-0.25, -0.2) is 8.42 Å². The molecule has 0 aliphatic rings. The van der Waals surface area contributed by atoms with Gasteiger partial charge in [-0.1, -0.05) is 0 Å². The van der Waals surface area contributed by atoms with Gasteiger partial charge in [0.1, 0.15) is 17.2 Å². The molecule has 0 spiro atoms. The molecule has 9 nitrogen and oxygen atoms in total. The summed E-state index contributed by atoms with van der Waals surface area (Å²) < 4.78 is 35.0. The van der Waals surface area contributed by atoms with Crippen molar-refractivity contribution in [3.8, 4) is 5.75 Å². The molecule has 0 aliphatic carbocycles. The minimum atomic E-state index is -4.05. The van der Waals surface area contributed by atoms with Gasteiger partial charge >= 0.3 is 5.97 Å². The first-order chi connectivity index (χ1) is 9.31. The monoisotopic (exact) mass is 304 g/mol. The van der Waals surface area contributed by atoms with Crippen molar-refractivity contribution in [2.24, 2.45) is 0 Å². The summed E-state index contributed by atoms with van der Waals surface area (Å²) in [5.74, 6) is -0.967. The van der Waals surface area contributed by atoms with Crippen molar-refractivity contribution in [2.75, 3.05) is 20.8 Å². The van der Waals surface area contributed by atoms with Crippen LogP contribution in [-0.4, -0.2) is 40.1 Å². The van der Waals surface area contributed by atoms with Gasteiger partial charge < -0.3 is 9.47 Å². The van der Waals surface area contributed by atoms with Crippen molar-refractivity contribution >= 4 is 21.7 Å². The molecule has 110 valence electrons. The molecule has 1 rings (SSSR count). The summed E-state index contributed by atoms with van der Waals surface area (Å²) in [7, 11) is -1.76. The maximum atomic E-state index is 11.9. The van der Waals surface area contributed by atoms with E-state index >= 15 is 0 Å². The number of hydrogen-bond donors (Lipinski definition) is 1. The number of hydrogen-bond acceptors (Lipinski definition) is 7. The Kier molecular flexibility index (Phi) is 5.00. The number of non-ortho nitro benzene ring substituents is 1. The highest BCUT2D eigenvalue weighted by atomic mass is 32.2. The minimum absolute atomic E-state index is 0.198. The van der Waals surface area contributed by atoms with Crippen molar-refractivity contribution in [1.29, 1.82) is 0 Å². The molecule has 0 saturated heterocycles. The highest BCUT2D eigenvalue weighted by Gasteiger charge is 2.22. The van der Waals surface area contributed by atoms with Crippen LogP contribution >= 0.6 is 0 Å². The average molecular weight is 304 g/mol. The van der Waals surface area contributed by atoms with Gasteiger partial charge in [-0.2, -0.15) is 4.72 Å². The number of ether oxygens (including phenoxy) is 2. The fourth-order valence-corrected chi connectivity index (χ4v) is 2.41. The lowest BCUT2D eigenvalue weighted by atomic mass is 10.3. The van der Waals surface area contributed by atoms with Crippen LogP contribution in [-0.2, 0) is 19.6 Å². The van der Waals surface area contributed by atoms with E-state index in [0.29, 0.717) is 0 Å². The molecule has 0 saturated carbocycles. The van der Waals surface area contributed by atoms with E-state index in [4.69, 9.17) is 4.74 Å². The summed E-state index contributed by atoms with van der Waals surface area (Å²) in [5.41, 5.74) is -0.311. The Labute approximate surface area is 114 Å². The number of nitro groups is 1. The Bertz CT molecular complexity index is 626. The Morgan fingerprint density at radius 1 is 1.40 bits per heavy atom. The van der Waals surface area contributed by atoms with Crippen LogP contribution in [0.2, 0.25) is 0 Å². The van der Waals surface area contributed by atoms with E-state index in [-0.39, 0.29) is 16.3 Å². The number of nitro benzene ring substituents is 1. The first-order valence-electron chi connectivity index (χ1n) is 5.20. The van der Waals surface area contributed by atoms with Crippen LogP contribution in [0.15, 0.2) is 23.1 Å². The molecule has 0 bridgehead atoms. The van der Waals surface area contributed by atoms with Gasteiger partial charge in [0.05, 0.1) is 25.2 Å². The van der Waals surface area contributed by atoms with Crippen LogP contribution in [0.4, 0.5) is 5.69 Å². The molecule has 0 aliphatic heterocycles. The third-order valence-electron chi connectivity index (χ3n) is 2.28. The first-order valence-corrected chi connectivity index (χ1v) is 6.69. The number of sulfonamides is 1. The number of carbonyl (C=O) groups is 1. The van der Waals surface area contributed by atoms with Gasteiger partial charge in [0, 0.05) is 6.07 Å². The smallest absolute Gasteiger partial charge is 0.320 e. The lowest BCUT2D eigenvalue weighted by Crippen LogP contribution is -2.30. The maximum Gasteiger partial charge on any atom is 0.320 e. The van der Waals surface area contributed by atoms with E-state index in [2.05, 4.69) is 4.74 Å². The van der Waals surface area contributed by atoms with Gasteiger partial charge in [0.25, 0.3) is 5.69 Å². The van der Waals surface area contributed by atoms with Crippen molar-refractivity contribution in [3.05, 3.63) is 28.3 Å². The summed E-state index contributed by atoms with van der Waals surface area (Å²) in [6.45, 7) is -0.557. The normalized spacial score (nSPS) is 10.9. The highest BCUT2D eigenvalue weighted by Crippen LogP contribution is 2.28. The second-order valence-corrected chi connectivity index (χ2v) is 5.23. The number of benzene rings is 1. The van der Waals surface area contributed by atoms with E-state index in [1.807, 2.05) is 4.72 Å². The van der Waals surface area contributed by atoms with Gasteiger partial charge in [-0.3, -0.25) is 14.9 Å². The summed E-state index contributed by atoms with van der Waals surface area (Å²) >= 11 is 0. The number of rotatable bonds is 6. The zero-order chi connectivity index (χ0) is 15.3. The van der Waals surface area contributed by atoms with Crippen molar-refractivity contribution in [1.82, 2.24) is 4.72 Å². The van der Waals surface area contributed by atoms with Crippen molar-refractivity contribution < 1.29 is 27.6 Å². The number of nitrogens with one attached hydrogen (secondary N) is 1. The Morgan fingerprint density at radius 2 is 2.05 bits per heavy atom. The summed E-state index contributed by atoms with van der Waals surface area (Å²) in [6.07, 6.45) is 0. The van der Waals surface area contributed by atoms with E-state index in [0.717, 1.165) is 25.3 Å². The van der Waals surface area contributed by atoms with Gasteiger partial charge in [-0.15, -0.1) is 0 Å². The lowest BCUT2D eigenvalue weighted by molar-refractivity contribution is -0.385. The van der Waals surface area contributed by atoms with Crippen LogP contribution in [0, 0.1) is 10.1 Å². The van der Waals surface area contributed by atoms with Crippen LogP contribution in [0.5, 0.6) is 5.75 Å². The summed E-state index contributed by atoms with van der Waals surface area (Å²) in [5, 5.41) is 10.6. The third kappa shape index (κ3) is 3.65. The van der Waals surface area contributed by atoms with E-state index in [1.54, 1.807) is 0 Å². The molecule has 0 unspecified atom stereocenters. The zero-order valence-electron chi connectivity index (χ0n) is 10.7. The molecule has 1 aromatic rings. The molecule has 1 aromatic carbocycles. The topological polar surface area (TPSA) is 125 Å². The number of nitrogens with zero attached hydrogens (tertiary/aromatic N) is 1. The molecular weight excluding hydrogens is 292 g/mol. The van der Waals surface area contributed by atoms with Crippen molar-refractivity contribution in [3.63, 3.8) is 0 Å². The molecule has 10 heteroatoms. The molecule has 1 N–H and O–H groups in total. The predicted octanol–water partition coefficient (Wildman–Crippen LogP) is 0.0547. The Hall–Kier alpha value is -2.20. The third-order valence-corrected chi connectivity index (χ3v) is 3.72. The molecule has 0 heterocycles. The van der Waals surface area contributed by atoms with Gasteiger partial charge in [0.2, 0.25) is 10.0 Å². The molecular formula is C10H12N2O7S. The quantitative estimate of drug-likeness (QED) is 0.447. The average Bonchev–Trinajstić information content (AvgIpc) is 2.43. The number of carbonyl (C=O) groups excluding carboxylic acids is 1. The van der Waals surface area contributed by atoms with E-state index < -0.39 is 27.5 Å². The molecule has 20 heavy (non-hydrogen) atoms. The fraction of sp³-hybridized carbons (Fsp3) is 0.300. The zero-order valence-corrected chi connectivity index (χ0v) is 11.5. The predicted molar refractivity (Wildman–Crippen MR) is 66.9 cm³/mol. The van der Waals surface area contributed by atoms with Crippen LogP contribution < -0.4 is 9.46 Å². The minimum Gasteiger partial charge on any atom is -0.495 e. The SMILES string of the molecule is COC(=O)CNS(=O)(=O)c1ccc([N+](=O)[O-])cc1OC. The second kappa shape index (κ2) is 6.30. The van der Waals surface area contributed by atoms with Gasteiger partial charge in [-0.05, 0) is 6.07 Å². The molecule has 0 atom stereocenters. The van der Waals surface area contributed by atoms with Crippen molar-refractivity contribution in [2.45, 2.75) is 4.90 Å². The van der Waals surface area contributed by atoms with Crippen LogP contribution in [0.3, 0.4) is 0 Å². The maximum absolute atomic E-state index is 11.9. The van der Waals surface area contributed by atoms with E-state index in [9.17, 15) is 23.3 Å². The summed E-state index contributed by atoms with van der Waals surface area (Å²) in [4.78, 5) is 20.5. The largest absolute Gasteiger partial charge is 0.495 e. The summed E-state index contributed by atoms with van der Waals surface area (Å²) in [6, 6.07) is 3.03. The van der Waals surface area contributed by atoms with Crippen LogP contribution in [0.25, 0.3) is 0 Å². The fourth-order valence-electron chi connectivity index (χ4n) is 1.30. The highest BCUT2D eigenvalue weighted by molar-refractivity contribution is 7.89. The molecule has 0 radical (unpaired) electrons. The van der Waals surface area contributed by atoms with E-state index in [1.165, 1.54) is 7.11 Å². The number of esters is 1. The molecule has 0 fully saturated rings. The van der Waals surface area contributed by atoms with Crippen LogP contribution in [0.1, 0.15) is 0 Å². The first kappa shape index (κ1) is 15.9. The lowest BCUT2D eigenvalue weighted by Gasteiger charge is -2.09. The Morgan fingerprint density at radius 3 is 2.55 bits per heavy atom. The van der Waals surface area contributed by atoms with Gasteiger partial charge in [0.15, 0.2) is 0 Å². The molecule has 0 amide bonds. The molecule has 0 aromatic heterocycles. The number of methoxy groups -OCH3 is 2. The second-order valence-electron chi connectivity index (χ2n) is 3.49. The standard InChI is InChI=1S/C10H12N2O7S/c1-18-8-5-7(12(14)15)3-4-9(8)20(16,17)11-6-10(13)19-2/h3-5,11H,6H2,1-2H3. The Balaban J connectivity index is 3.11.